The molecule has 0 spiro atoms. The van der Waals surface area contributed by atoms with E-state index < -0.39 is 0 Å². The fourth-order valence-electron chi connectivity index (χ4n) is 2.03. The molecule has 0 amide bonds. The number of nitrogens with zero attached hydrogens (tertiary/aromatic N) is 2. The summed E-state index contributed by atoms with van der Waals surface area (Å²) in [6, 6.07) is 2.55. The van der Waals surface area contributed by atoms with Crippen molar-refractivity contribution in [3.05, 3.63) is 18.0 Å². The summed E-state index contributed by atoms with van der Waals surface area (Å²) >= 11 is 0. The molecule has 0 bridgehead atoms. The van der Waals surface area contributed by atoms with E-state index in [9.17, 15) is 0 Å². The summed E-state index contributed by atoms with van der Waals surface area (Å²) in [4.78, 5) is 2.49. The molecule has 0 aliphatic carbocycles. The van der Waals surface area contributed by atoms with E-state index in [1.807, 2.05) is 6.07 Å². The zero-order valence-corrected chi connectivity index (χ0v) is 9.28. The van der Waals surface area contributed by atoms with E-state index in [1.165, 1.54) is 32.5 Å². The Balaban J connectivity index is 1.69. The van der Waals surface area contributed by atoms with E-state index in [2.05, 4.69) is 22.3 Å². The van der Waals surface area contributed by atoms with E-state index in [-0.39, 0.29) is 0 Å². The summed E-state index contributed by atoms with van der Waals surface area (Å²) in [5.74, 6) is 0.924. The molecule has 1 aliphatic heterocycles. The van der Waals surface area contributed by atoms with Crippen LogP contribution in [0.5, 0.6) is 0 Å². The second-order valence-electron chi connectivity index (χ2n) is 4.07. The lowest BCUT2D eigenvalue weighted by Crippen LogP contribution is -2.42. The van der Waals surface area contributed by atoms with Crippen molar-refractivity contribution in [2.24, 2.45) is 0 Å². The van der Waals surface area contributed by atoms with Crippen molar-refractivity contribution in [1.29, 1.82) is 0 Å². The Morgan fingerprint density at radius 3 is 2.93 bits per heavy atom. The number of hydrogen-bond acceptors (Lipinski definition) is 4. The zero-order chi connectivity index (χ0) is 10.5. The summed E-state index contributed by atoms with van der Waals surface area (Å²) in [6.45, 7) is 6.63. The Hall–Kier alpha value is -0.870. The molecule has 1 fully saturated rings. The highest BCUT2D eigenvalue weighted by atomic mass is 16.5. The molecule has 0 atom stereocenters. The van der Waals surface area contributed by atoms with Gasteiger partial charge in [0, 0.05) is 12.1 Å². The molecule has 0 aromatic carbocycles. The third-order valence-corrected chi connectivity index (χ3v) is 3.09. The van der Waals surface area contributed by atoms with Gasteiger partial charge in [0.2, 0.25) is 0 Å². The third-order valence-electron chi connectivity index (χ3n) is 3.09. The van der Waals surface area contributed by atoms with E-state index in [4.69, 9.17) is 4.52 Å². The van der Waals surface area contributed by atoms with Gasteiger partial charge in [0.25, 0.3) is 0 Å². The van der Waals surface area contributed by atoms with Gasteiger partial charge < -0.3 is 14.7 Å². The molecule has 15 heavy (non-hydrogen) atoms. The standard InChI is InChI=1S/C11H19N3O/c1-2-14-7-4-10(5-8-14)12-9-11-3-6-13-15-11/h3,6,10,12H,2,4-5,7-9H2,1H3. The normalized spacial score (nSPS) is 19.5. The van der Waals surface area contributed by atoms with Crippen LogP contribution in [-0.4, -0.2) is 35.7 Å². The SMILES string of the molecule is CCN1CCC(NCc2ccno2)CC1. The summed E-state index contributed by atoms with van der Waals surface area (Å²) in [5.41, 5.74) is 0. The van der Waals surface area contributed by atoms with E-state index in [0.717, 1.165) is 12.3 Å². The van der Waals surface area contributed by atoms with E-state index in [1.54, 1.807) is 6.20 Å². The summed E-state index contributed by atoms with van der Waals surface area (Å²) < 4.78 is 5.04. The van der Waals surface area contributed by atoms with Gasteiger partial charge in [-0.05, 0) is 32.5 Å². The molecule has 0 unspecified atom stereocenters. The fourth-order valence-corrected chi connectivity index (χ4v) is 2.03. The van der Waals surface area contributed by atoms with Crippen molar-refractivity contribution in [3.8, 4) is 0 Å². The number of nitrogens with one attached hydrogen (secondary N) is 1. The average molecular weight is 209 g/mol. The van der Waals surface area contributed by atoms with Crippen LogP contribution in [0, 0.1) is 0 Å². The van der Waals surface area contributed by atoms with Crippen molar-refractivity contribution in [2.75, 3.05) is 19.6 Å². The third kappa shape index (κ3) is 3.04. The monoisotopic (exact) mass is 209 g/mol. The molecule has 4 nitrogen and oxygen atoms in total. The molecule has 0 radical (unpaired) electrons. The minimum atomic E-state index is 0.637. The lowest BCUT2D eigenvalue weighted by atomic mass is 10.1. The number of rotatable bonds is 4. The van der Waals surface area contributed by atoms with Crippen LogP contribution in [0.25, 0.3) is 0 Å². The van der Waals surface area contributed by atoms with Crippen LogP contribution in [-0.2, 0) is 6.54 Å². The van der Waals surface area contributed by atoms with Gasteiger partial charge in [-0.1, -0.05) is 12.1 Å². The predicted molar refractivity (Wildman–Crippen MR) is 58.5 cm³/mol. The zero-order valence-electron chi connectivity index (χ0n) is 9.28. The summed E-state index contributed by atoms with van der Waals surface area (Å²) in [7, 11) is 0. The first-order valence-electron chi connectivity index (χ1n) is 5.73. The fraction of sp³-hybridized carbons (Fsp3) is 0.727. The van der Waals surface area contributed by atoms with Crippen LogP contribution in [0.1, 0.15) is 25.5 Å². The first kappa shape index (κ1) is 10.6. The highest BCUT2D eigenvalue weighted by molar-refractivity contribution is 4.93. The first-order valence-corrected chi connectivity index (χ1v) is 5.73. The van der Waals surface area contributed by atoms with Crippen LogP contribution in [0.15, 0.2) is 16.8 Å². The van der Waals surface area contributed by atoms with E-state index in [0.29, 0.717) is 6.04 Å². The molecule has 0 saturated carbocycles. The van der Waals surface area contributed by atoms with Gasteiger partial charge in [-0.25, -0.2) is 0 Å². The highest BCUT2D eigenvalue weighted by Gasteiger charge is 2.17. The molecule has 1 aromatic rings. The smallest absolute Gasteiger partial charge is 0.150 e. The van der Waals surface area contributed by atoms with Crippen molar-refractivity contribution < 1.29 is 4.52 Å². The van der Waals surface area contributed by atoms with Gasteiger partial charge in [-0.3, -0.25) is 0 Å². The van der Waals surface area contributed by atoms with E-state index >= 15 is 0 Å². The maximum Gasteiger partial charge on any atom is 0.150 e. The van der Waals surface area contributed by atoms with Crippen LogP contribution in [0.4, 0.5) is 0 Å². The van der Waals surface area contributed by atoms with Crippen molar-refractivity contribution >= 4 is 0 Å². The van der Waals surface area contributed by atoms with Gasteiger partial charge >= 0.3 is 0 Å². The minimum Gasteiger partial charge on any atom is -0.360 e. The molecule has 1 aliphatic rings. The van der Waals surface area contributed by atoms with Crippen molar-refractivity contribution in [3.63, 3.8) is 0 Å². The largest absolute Gasteiger partial charge is 0.360 e. The Morgan fingerprint density at radius 1 is 1.53 bits per heavy atom. The van der Waals surface area contributed by atoms with Gasteiger partial charge in [0.05, 0.1) is 12.7 Å². The van der Waals surface area contributed by atoms with Gasteiger partial charge in [0.1, 0.15) is 5.76 Å². The lowest BCUT2D eigenvalue weighted by molar-refractivity contribution is 0.203. The molecule has 4 heteroatoms. The molecular weight excluding hydrogens is 190 g/mol. The number of aromatic nitrogens is 1. The first-order chi connectivity index (χ1) is 7.38. The quantitative estimate of drug-likeness (QED) is 0.810. The predicted octanol–water partition coefficient (Wildman–Crippen LogP) is 1.25. The average Bonchev–Trinajstić information content (AvgIpc) is 2.80. The minimum absolute atomic E-state index is 0.637. The molecule has 84 valence electrons. The van der Waals surface area contributed by atoms with Crippen LogP contribution >= 0.6 is 0 Å². The lowest BCUT2D eigenvalue weighted by Gasteiger charge is -2.31. The van der Waals surface area contributed by atoms with Gasteiger partial charge in [-0.2, -0.15) is 0 Å². The topological polar surface area (TPSA) is 41.3 Å². The molecule has 2 heterocycles. The van der Waals surface area contributed by atoms with Crippen molar-refractivity contribution in [2.45, 2.75) is 32.4 Å². The second kappa shape index (κ2) is 5.28. The molecular formula is C11H19N3O. The number of hydrogen-bond donors (Lipinski definition) is 1. The van der Waals surface area contributed by atoms with Crippen LogP contribution in [0.3, 0.4) is 0 Å². The Labute approximate surface area is 90.6 Å². The second-order valence-corrected chi connectivity index (χ2v) is 4.07. The van der Waals surface area contributed by atoms with Crippen LogP contribution < -0.4 is 5.32 Å². The Bertz CT molecular complexity index is 265. The summed E-state index contributed by atoms with van der Waals surface area (Å²) in [5, 5.41) is 7.20. The Kier molecular flexibility index (Phi) is 3.75. The molecule has 1 aromatic heterocycles. The van der Waals surface area contributed by atoms with Crippen molar-refractivity contribution in [1.82, 2.24) is 15.4 Å². The van der Waals surface area contributed by atoms with Crippen LogP contribution in [0.2, 0.25) is 0 Å². The van der Waals surface area contributed by atoms with Gasteiger partial charge in [0.15, 0.2) is 0 Å². The van der Waals surface area contributed by atoms with Gasteiger partial charge in [-0.15, -0.1) is 0 Å². The maximum absolute atomic E-state index is 5.04. The number of piperidine rings is 1. The number of likely N-dealkylation sites (tertiary alicyclic amines) is 1. The molecule has 1 N–H and O–H groups in total. The molecule has 1 saturated heterocycles. The maximum atomic E-state index is 5.04. The molecule has 2 rings (SSSR count). The highest BCUT2D eigenvalue weighted by Crippen LogP contribution is 2.10. The Morgan fingerprint density at radius 2 is 2.33 bits per heavy atom. The summed E-state index contributed by atoms with van der Waals surface area (Å²) in [6.07, 6.45) is 4.17.